The SMILES string of the molecule is CO[Si](OC)(C1NCCC2CCCCC21)N1CC(C)CC2CCCCC21. The Morgan fingerprint density at radius 1 is 0.885 bits per heavy atom. The van der Waals surface area contributed by atoms with Crippen molar-refractivity contribution < 1.29 is 8.85 Å². The van der Waals surface area contributed by atoms with Gasteiger partial charge in [0.25, 0.3) is 0 Å². The molecule has 4 rings (SSSR count). The van der Waals surface area contributed by atoms with E-state index in [0.717, 1.165) is 30.2 Å². The van der Waals surface area contributed by atoms with Gasteiger partial charge in [-0.05, 0) is 68.9 Å². The Morgan fingerprint density at radius 2 is 1.58 bits per heavy atom. The van der Waals surface area contributed by atoms with E-state index >= 15 is 0 Å². The van der Waals surface area contributed by atoms with Gasteiger partial charge in [0.15, 0.2) is 0 Å². The molecule has 0 radical (unpaired) electrons. The molecule has 0 bridgehead atoms. The molecule has 5 heteroatoms. The van der Waals surface area contributed by atoms with Gasteiger partial charge in [0.2, 0.25) is 0 Å². The van der Waals surface area contributed by atoms with E-state index in [4.69, 9.17) is 8.85 Å². The summed E-state index contributed by atoms with van der Waals surface area (Å²) in [6.45, 7) is 4.76. The molecule has 0 aromatic heterocycles. The summed E-state index contributed by atoms with van der Waals surface area (Å²) in [4.78, 5) is 0. The largest absolute Gasteiger partial charge is 0.445 e. The van der Waals surface area contributed by atoms with Gasteiger partial charge in [0.1, 0.15) is 0 Å². The number of rotatable bonds is 4. The van der Waals surface area contributed by atoms with Gasteiger partial charge in [-0.3, -0.25) is 4.57 Å². The first kappa shape index (κ1) is 19.4. The molecule has 2 aliphatic carbocycles. The zero-order valence-corrected chi connectivity index (χ0v) is 18.2. The maximum atomic E-state index is 6.49. The van der Waals surface area contributed by atoms with E-state index in [1.54, 1.807) is 0 Å². The molecule has 26 heavy (non-hydrogen) atoms. The van der Waals surface area contributed by atoms with E-state index in [-0.39, 0.29) is 0 Å². The average Bonchev–Trinajstić information content (AvgIpc) is 2.69. The first-order valence-corrected chi connectivity index (χ1v) is 13.1. The van der Waals surface area contributed by atoms with Crippen LogP contribution in [0.2, 0.25) is 0 Å². The Hall–Kier alpha value is 0.0569. The van der Waals surface area contributed by atoms with Crippen LogP contribution in [0.1, 0.15) is 71.1 Å². The highest BCUT2D eigenvalue weighted by Gasteiger charge is 2.59. The van der Waals surface area contributed by atoms with Crippen LogP contribution in [-0.4, -0.2) is 52.3 Å². The summed E-state index contributed by atoms with van der Waals surface area (Å²) in [5.41, 5.74) is 0.435. The first-order valence-electron chi connectivity index (χ1n) is 11.3. The summed E-state index contributed by atoms with van der Waals surface area (Å²) in [6, 6.07) is 0.692. The van der Waals surface area contributed by atoms with Crippen LogP contribution in [0.3, 0.4) is 0 Å². The third-order valence-corrected chi connectivity index (χ3v) is 12.0. The van der Waals surface area contributed by atoms with Crippen molar-refractivity contribution in [2.24, 2.45) is 23.7 Å². The molecule has 1 N–H and O–H groups in total. The van der Waals surface area contributed by atoms with Gasteiger partial charge in [-0.2, -0.15) is 0 Å². The number of hydrogen-bond acceptors (Lipinski definition) is 4. The van der Waals surface area contributed by atoms with E-state index in [1.807, 2.05) is 14.2 Å². The van der Waals surface area contributed by atoms with Gasteiger partial charge in [-0.15, -0.1) is 0 Å². The molecule has 0 aromatic carbocycles. The van der Waals surface area contributed by atoms with Gasteiger partial charge < -0.3 is 14.2 Å². The predicted molar refractivity (Wildman–Crippen MR) is 108 cm³/mol. The fourth-order valence-electron chi connectivity index (χ4n) is 7.05. The van der Waals surface area contributed by atoms with Gasteiger partial charge in [-0.1, -0.05) is 39.0 Å². The van der Waals surface area contributed by atoms with Crippen molar-refractivity contribution in [1.82, 2.24) is 9.88 Å². The maximum absolute atomic E-state index is 6.49. The van der Waals surface area contributed by atoms with Crippen molar-refractivity contribution in [2.75, 3.05) is 27.3 Å². The monoisotopic (exact) mass is 380 g/mol. The highest BCUT2D eigenvalue weighted by molar-refractivity contribution is 6.66. The summed E-state index contributed by atoms with van der Waals surface area (Å²) < 4.78 is 15.8. The second kappa shape index (κ2) is 8.20. The molecule has 6 atom stereocenters. The molecule has 2 saturated heterocycles. The molecule has 2 heterocycles. The third kappa shape index (κ3) is 3.32. The van der Waals surface area contributed by atoms with E-state index in [0.29, 0.717) is 11.7 Å². The zero-order chi connectivity index (χ0) is 18.1. The quantitative estimate of drug-likeness (QED) is 0.752. The second-order valence-electron chi connectivity index (χ2n) is 9.57. The number of nitrogens with zero attached hydrogens (tertiary/aromatic N) is 1. The Morgan fingerprint density at radius 3 is 2.35 bits per heavy atom. The van der Waals surface area contributed by atoms with Gasteiger partial charge >= 0.3 is 8.72 Å². The Balaban J connectivity index is 1.66. The Kier molecular flexibility index (Phi) is 6.11. The molecule has 150 valence electrons. The van der Waals surface area contributed by atoms with Crippen LogP contribution in [0.15, 0.2) is 0 Å². The summed E-state index contributed by atoms with van der Waals surface area (Å²) in [6.07, 6.45) is 13.9. The van der Waals surface area contributed by atoms with Crippen LogP contribution < -0.4 is 5.32 Å². The van der Waals surface area contributed by atoms with Crippen molar-refractivity contribution in [2.45, 2.75) is 82.8 Å². The lowest BCUT2D eigenvalue weighted by Gasteiger charge is -2.56. The van der Waals surface area contributed by atoms with Crippen molar-refractivity contribution in [1.29, 1.82) is 0 Å². The summed E-state index contributed by atoms with van der Waals surface area (Å²) in [7, 11) is 1.41. The second-order valence-corrected chi connectivity index (χ2v) is 12.8. The van der Waals surface area contributed by atoms with E-state index in [9.17, 15) is 0 Å². The van der Waals surface area contributed by atoms with Crippen molar-refractivity contribution in [3.05, 3.63) is 0 Å². The lowest BCUT2D eigenvalue weighted by atomic mass is 9.75. The topological polar surface area (TPSA) is 33.7 Å². The molecule has 2 saturated carbocycles. The fourth-order valence-corrected chi connectivity index (χ4v) is 11.3. The fraction of sp³-hybridized carbons (Fsp3) is 1.00. The van der Waals surface area contributed by atoms with Crippen LogP contribution >= 0.6 is 0 Å². The molecule has 0 aromatic rings. The maximum Gasteiger partial charge on any atom is 0.445 e. The van der Waals surface area contributed by atoms with Crippen LogP contribution in [0.25, 0.3) is 0 Å². The number of fused-ring (bicyclic) bond motifs is 2. The molecular formula is C21H40N2O2Si. The van der Waals surface area contributed by atoms with Crippen molar-refractivity contribution in [3.8, 4) is 0 Å². The van der Waals surface area contributed by atoms with Crippen LogP contribution in [-0.2, 0) is 8.85 Å². The minimum atomic E-state index is -2.48. The van der Waals surface area contributed by atoms with Crippen molar-refractivity contribution in [3.63, 3.8) is 0 Å². The summed E-state index contributed by atoms with van der Waals surface area (Å²) in [5.74, 6) is 3.26. The third-order valence-electron chi connectivity index (χ3n) is 8.14. The van der Waals surface area contributed by atoms with Gasteiger partial charge in [0, 0.05) is 20.3 Å². The molecule has 2 aliphatic heterocycles. The number of hydrogen-bond donors (Lipinski definition) is 1. The van der Waals surface area contributed by atoms with Crippen LogP contribution in [0.4, 0.5) is 0 Å². The normalized spacial score (nSPS) is 42.1. The average molecular weight is 381 g/mol. The minimum absolute atomic E-state index is 0.435. The van der Waals surface area contributed by atoms with Crippen LogP contribution in [0.5, 0.6) is 0 Å². The number of nitrogens with one attached hydrogen (secondary N) is 1. The highest BCUT2D eigenvalue weighted by atomic mass is 28.4. The molecule has 0 spiro atoms. The molecule has 0 amide bonds. The van der Waals surface area contributed by atoms with Crippen LogP contribution in [0, 0.1) is 23.7 Å². The van der Waals surface area contributed by atoms with E-state index in [1.165, 1.54) is 70.8 Å². The molecule has 4 fully saturated rings. The summed E-state index contributed by atoms with van der Waals surface area (Å²) in [5, 5.41) is 3.94. The standard InChI is InChI=1S/C21H40N2O2Si/c1-16-14-18-9-5-7-11-20(18)23(15-16)26(24-2,25-3)21-19-10-6-4-8-17(19)12-13-22-21/h16-22H,4-15H2,1-3H3. The highest BCUT2D eigenvalue weighted by Crippen LogP contribution is 2.45. The molecular weight excluding hydrogens is 340 g/mol. The van der Waals surface area contributed by atoms with Gasteiger partial charge in [-0.25, -0.2) is 0 Å². The first-order chi connectivity index (χ1) is 12.7. The van der Waals surface area contributed by atoms with Crippen molar-refractivity contribution >= 4 is 8.72 Å². The minimum Gasteiger partial charge on any atom is -0.385 e. The lowest BCUT2D eigenvalue weighted by molar-refractivity contribution is 0.0182. The van der Waals surface area contributed by atoms with E-state index in [2.05, 4.69) is 16.8 Å². The molecule has 4 nitrogen and oxygen atoms in total. The molecule has 6 unspecified atom stereocenters. The predicted octanol–water partition coefficient (Wildman–Crippen LogP) is 3.83. The van der Waals surface area contributed by atoms with Gasteiger partial charge in [0.05, 0.1) is 5.67 Å². The Labute approximate surface area is 161 Å². The molecule has 4 aliphatic rings. The number of piperidine rings is 2. The Bertz CT molecular complexity index is 471. The van der Waals surface area contributed by atoms with E-state index < -0.39 is 8.72 Å². The smallest absolute Gasteiger partial charge is 0.385 e. The lowest BCUT2D eigenvalue weighted by Crippen LogP contribution is -2.77. The summed E-state index contributed by atoms with van der Waals surface area (Å²) >= 11 is 0. The zero-order valence-electron chi connectivity index (χ0n) is 17.2.